The van der Waals surface area contributed by atoms with Crippen molar-refractivity contribution in [3.8, 4) is 5.75 Å². The molecule has 1 N–H and O–H groups in total. The molecule has 5 nitrogen and oxygen atoms in total. The van der Waals surface area contributed by atoms with Crippen LogP contribution >= 0.6 is 24.0 Å². The number of carboxylic acid groups (broad SMARTS) is 1. The zero-order valence-corrected chi connectivity index (χ0v) is 16.1. The molecule has 3 rings (SSSR count). The van der Waals surface area contributed by atoms with Crippen LogP contribution in [0.3, 0.4) is 0 Å². The lowest BCUT2D eigenvalue weighted by Crippen LogP contribution is -2.27. The zero-order chi connectivity index (χ0) is 21.2. The molecule has 150 valence electrons. The average Bonchev–Trinajstić information content (AvgIpc) is 2.94. The molecule has 0 atom stereocenters. The molecule has 1 aliphatic rings. The summed E-state index contributed by atoms with van der Waals surface area (Å²) in [4.78, 5) is 24.5. The van der Waals surface area contributed by atoms with Crippen LogP contribution < -0.4 is 9.64 Å². The second-order valence-corrected chi connectivity index (χ2v) is 7.49. The summed E-state index contributed by atoms with van der Waals surface area (Å²) in [5.41, 5.74) is -0.203. The van der Waals surface area contributed by atoms with Crippen molar-refractivity contribution in [1.82, 2.24) is 0 Å². The molecular formula is C19H12F3NO4S2. The first-order chi connectivity index (χ1) is 13.6. The molecule has 1 amide bonds. The topological polar surface area (TPSA) is 66.8 Å². The highest BCUT2D eigenvalue weighted by atomic mass is 32.2. The van der Waals surface area contributed by atoms with Crippen LogP contribution in [-0.4, -0.2) is 27.9 Å². The van der Waals surface area contributed by atoms with Crippen molar-refractivity contribution in [3.05, 3.63) is 64.6 Å². The van der Waals surface area contributed by atoms with E-state index in [-0.39, 0.29) is 14.9 Å². The van der Waals surface area contributed by atoms with Crippen molar-refractivity contribution in [2.75, 3.05) is 11.5 Å². The minimum atomic E-state index is -4.53. The van der Waals surface area contributed by atoms with Gasteiger partial charge in [-0.1, -0.05) is 42.2 Å². The van der Waals surface area contributed by atoms with Crippen molar-refractivity contribution in [3.63, 3.8) is 0 Å². The molecule has 0 aliphatic carbocycles. The van der Waals surface area contributed by atoms with Gasteiger partial charge in [-0.15, -0.1) is 0 Å². The molecule has 10 heteroatoms. The Balaban J connectivity index is 1.81. The highest BCUT2D eigenvalue weighted by Gasteiger charge is 2.36. The van der Waals surface area contributed by atoms with E-state index >= 15 is 0 Å². The minimum absolute atomic E-state index is 0.0446. The number of hydrogen-bond donors (Lipinski definition) is 1. The minimum Gasteiger partial charge on any atom is -0.482 e. The Morgan fingerprint density at radius 3 is 2.52 bits per heavy atom. The van der Waals surface area contributed by atoms with Crippen LogP contribution in [0.4, 0.5) is 18.9 Å². The second-order valence-electron chi connectivity index (χ2n) is 5.82. The van der Waals surface area contributed by atoms with Crippen molar-refractivity contribution < 1.29 is 32.6 Å². The number of rotatable bonds is 5. The van der Waals surface area contributed by atoms with E-state index in [0.717, 1.165) is 28.8 Å². The van der Waals surface area contributed by atoms with Crippen molar-refractivity contribution in [1.29, 1.82) is 0 Å². The molecule has 2 aromatic carbocycles. The summed E-state index contributed by atoms with van der Waals surface area (Å²) in [6.07, 6.45) is -2.98. The summed E-state index contributed by atoms with van der Waals surface area (Å²) in [5, 5.41) is 8.60. The molecule has 0 saturated carbocycles. The van der Waals surface area contributed by atoms with Crippen LogP contribution in [0, 0.1) is 0 Å². The monoisotopic (exact) mass is 439 g/mol. The van der Waals surface area contributed by atoms with Crippen LogP contribution in [0.2, 0.25) is 0 Å². The largest absolute Gasteiger partial charge is 0.482 e. The molecule has 1 heterocycles. The zero-order valence-electron chi connectivity index (χ0n) is 14.5. The molecule has 2 aromatic rings. The first kappa shape index (κ1) is 20.9. The predicted molar refractivity (Wildman–Crippen MR) is 107 cm³/mol. The number of thioether (sulfide) groups is 1. The molecule has 0 radical (unpaired) electrons. The van der Waals surface area contributed by atoms with E-state index in [1.165, 1.54) is 12.1 Å². The normalized spacial score (nSPS) is 15.8. The Morgan fingerprint density at radius 2 is 1.90 bits per heavy atom. The Morgan fingerprint density at radius 1 is 1.21 bits per heavy atom. The highest BCUT2D eigenvalue weighted by Crippen LogP contribution is 2.38. The molecule has 0 unspecified atom stereocenters. The molecule has 0 bridgehead atoms. The Labute approximate surface area is 172 Å². The molecule has 29 heavy (non-hydrogen) atoms. The van der Waals surface area contributed by atoms with Gasteiger partial charge in [-0.25, -0.2) is 4.79 Å². The number of hydrogen-bond acceptors (Lipinski definition) is 5. The van der Waals surface area contributed by atoms with E-state index in [1.54, 1.807) is 30.3 Å². The van der Waals surface area contributed by atoms with Gasteiger partial charge in [0.2, 0.25) is 0 Å². The van der Waals surface area contributed by atoms with Gasteiger partial charge < -0.3 is 9.84 Å². The number of amides is 1. The van der Waals surface area contributed by atoms with Crippen molar-refractivity contribution >= 4 is 51.9 Å². The molecular weight excluding hydrogens is 427 g/mol. The van der Waals surface area contributed by atoms with E-state index in [9.17, 15) is 22.8 Å². The number of carbonyl (C=O) groups is 2. The number of carboxylic acids is 1. The quantitative estimate of drug-likeness (QED) is 0.544. The van der Waals surface area contributed by atoms with Crippen molar-refractivity contribution in [2.45, 2.75) is 6.18 Å². The molecule has 0 spiro atoms. The van der Waals surface area contributed by atoms with E-state index in [4.69, 9.17) is 22.1 Å². The van der Waals surface area contributed by atoms with Crippen LogP contribution in [0.15, 0.2) is 53.4 Å². The molecule has 1 aliphatic heterocycles. The molecule has 1 saturated heterocycles. The van der Waals surface area contributed by atoms with Gasteiger partial charge in [0.25, 0.3) is 5.91 Å². The third-order valence-corrected chi connectivity index (χ3v) is 5.07. The fourth-order valence-electron chi connectivity index (χ4n) is 2.47. The number of carbonyl (C=O) groups excluding carboxylic acids is 1. The number of halogens is 3. The van der Waals surface area contributed by atoms with Gasteiger partial charge in [0.1, 0.15) is 5.75 Å². The van der Waals surface area contributed by atoms with Crippen LogP contribution in [0.5, 0.6) is 5.75 Å². The lowest BCUT2D eigenvalue weighted by Gasteiger charge is -2.16. The van der Waals surface area contributed by atoms with Gasteiger partial charge in [-0.05, 0) is 42.0 Å². The van der Waals surface area contributed by atoms with Crippen LogP contribution in [0.25, 0.3) is 6.08 Å². The van der Waals surface area contributed by atoms with E-state index in [2.05, 4.69) is 0 Å². The number of aliphatic carboxylic acids is 1. The van der Waals surface area contributed by atoms with Gasteiger partial charge >= 0.3 is 12.1 Å². The average molecular weight is 439 g/mol. The second kappa shape index (κ2) is 8.26. The highest BCUT2D eigenvalue weighted by molar-refractivity contribution is 8.27. The predicted octanol–water partition coefficient (Wildman–Crippen LogP) is 4.57. The van der Waals surface area contributed by atoms with Crippen LogP contribution in [-0.2, 0) is 15.8 Å². The maximum atomic E-state index is 12.9. The summed E-state index contributed by atoms with van der Waals surface area (Å²) in [6.45, 7) is -0.477. The standard InChI is InChI=1S/C19H12F3NO4S2/c20-19(21,22)12-2-1-3-13(9-12)23-17(26)15(29-18(23)28)8-11-4-6-14(7-5-11)27-10-16(24)25/h1-9H,10H2,(H,24,25)/b15-8+. The maximum absolute atomic E-state index is 12.9. The van der Waals surface area contributed by atoms with Gasteiger partial charge in [0, 0.05) is 0 Å². The Bertz CT molecular complexity index is 1000. The number of alkyl halides is 3. The number of nitrogens with zero attached hydrogens (tertiary/aromatic N) is 1. The lowest BCUT2D eigenvalue weighted by molar-refractivity contribution is -0.139. The molecule has 1 fully saturated rings. The van der Waals surface area contributed by atoms with Crippen LogP contribution in [0.1, 0.15) is 11.1 Å². The number of anilines is 1. The first-order valence-corrected chi connectivity index (χ1v) is 9.27. The smallest absolute Gasteiger partial charge is 0.416 e. The fourth-order valence-corrected chi connectivity index (χ4v) is 3.77. The summed E-state index contributed by atoms with van der Waals surface area (Å²) in [5.74, 6) is -1.28. The van der Waals surface area contributed by atoms with Crippen molar-refractivity contribution in [2.24, 2.45) is 0 Å². The number of benzene rings is 2. The van der Waals surface area contributed by atoms with E-state index < -0.39 is 30.2 Å². The lowest BCUT2D eigenvalue weighted by atomic mass is 10.1. The van der Waals surface area contributed by atoms with Gasteiger partial charge in [-0.2, -0.15) is 13.2 Å². The first-order valence-electron chi connectivity index (χ1n) is 8.05. The third kappa shape index (κ3) is 4.96. The van der Waals surface area contributed by atoms with Gasteiger partial charge in [-0.3, -0.25) is 9.69 Å². The summed E-state index contributed by atoms with van der Waals surface area (Å²) in [6, 6.07) is 10.7. The van der Waals surface area contributed by atoms with E-state index in [0.29, 0.717) is 11.3 Å². The maximum Gasteiger partial charge on any atom is 0.416 e. The number of ether oxygens (including phenoxy) is 1. The Kier molecular flexibility index (Phi) is 5.94. The van der Waals surface area contributed by atoms with Gasteiger partial charge in [0.15, 0.2) is 10.9 Å². The number of thiocarbonyl (C=S) groups is 1. The van der Waals surface area contributed by atoms with Gasteiger partial charge in [0.05, 0.1) is 16.2 Å². The molecule has 0 aromatic heterocycles. The third-order valence-electron chi connectivity index (χ3n) is 3.77. The Hall–Kier alpha value is -2.85. The summed E-state index contributed by atoms with van der Waals surface area (Å²) < 4.78 is 44.0. The van der Waals surface area contributed by atoms with E-state index in [1.807, 2.05) is 0 Å². The fraction of sp³-hybridized carbons (Fsp3) is 0.105. The summed E-state index contributed by atoms with van der Waals surface area (Å²) in [7, 11) is 0. The summed E-state index contributed by atoms with van der Waals surface area (Å²) >= 11 is 6.16. The SMILES string of the molecule is O=C(O)COc1ccc(/C=C2/SC(=S)N(c3cccc(C(F)(F)F)c3)C2=O)cc1.